The van der Waals surface area contributed by atoms with Crippen LogP contribution in [0, 0.1) is 6.92 Å². The largest absolute Gasteiger partial charge is 0.497 e. The summed E-state index contributed by atoms with van der Waals surface area (Å²) < 4.78 is 5.24. The lowest BCUT2D eigenvalue weighted by Crippen LogP contribution is -2.33. The SMILES string of the molecule is COc1cccc(C(C)(N)c2csc(C)c2)c1. The van der Waals surface area contributed by atoms with E-state index in [1.54, 1.807) is 18.4 Å². The second kappa shape index (κ2) is 4.51. The molecular weight excluding hydrogens is 230 g/mol. The Labute approximate surface area is 106 Å². The first-order valence-electron chi connectivity index (χ1n) is 5.53. The van der Waals surface area contributed by atoms with Gasteiger partial charge in [0.1, 0.15) is 5.75 Å². The molecule has 0 amide bonds. The third kappa shape index (κ3) is 2.35. The zero-order valence-corrected chi connectivity index (χ0v) is 11.2. The Bertz CT molecular complexity index is 516. The van der Waals surface area contributed by atoms with E-state index in [-0.39, 0.29) is 0 Å². The molecule has 0 saturated carbocycles. The fourth-order valence-electron chi connectivity index (χ4n) is 1.83. The third-order valence-electron chi connectivity index (χ3n) is 3.00. The Morgan fingerprint density at radius 2 is 2.00 bits per heavy atom. The Kier molecular flexibility index (Phi) is 3.22. The normalized spacial score (nSPS) is 14.4. The second-order valence-electron chi connectivity index (χ2n) is 4.38. The van der Waals surface area contributed by atoms with Crippen molar-refractivity contribution in [1.29, 1.82) is 0 Å². The van der Waals surface area contributed by atoms with Crippen LogP contribution < -0.4 is 10.5 Å². The maximum Gasteiger partial charge on any atom is 0.119 e. The molecular formula is C14H17NOS. The highest BCUT2D eigenvalue weighted by molar-refractivity contribution is 7.10. The second-order valence-corrected chi connectivity index (χ2v) is 5.50. The van der Waals surface area contributed by atoms with Gasteiger partial charge in [0, 0.05) is 4.88 Å². The molecule has 2 aromatic rings. The molecule has 0 aliphatic rings. The van der Waals surface area contributed by atoms with Crippen molar-refractivity contribution in [3.05, 3.63) is 51.7 Å². The van der Waals surface area contributed by atoms with E-state index >= 15 is 0 Å². The molecule has 1 atom stereocenters. The first-order chi connectivity index (χ1) is 8.04. The number of aryl methyl sites for hydroxylation is 1. The molecule has 2 nitrogen and oxygen atoms in total. The summed E-state index contributed by atoms with van der Waals surface area (Å²) in [5.41, 5.74) is 8.19. The van der Waals surface area contributed by atoms with E-state index in [9.17, 15) is 0 Å². The molecule has 1 heterocycles. The van der Waals surface area contributed by atoms with Crippen molar-refractivity contribution < 1.29 is 4.74 Å². The molecule has 90 valence electrons. The molecule has 0 saturated heterocycles. The highest BCUT2D eigenvalue weighted by Gasteiger charge is 2.24. The van der Waals surface area contributed by atoms with E-state index in [4.69, 9.17) is 10.5 Å². The quantitative estimate of drug-likeness (QED) is 0.903. The van der Waals surface area contributed by atoms with Crippen LogP contribution in [0.4, 0.5) is 0 Å². The van der Waals surface area contributed by atoms with E-state index in [0.29, 0.717) is 0 Å². The van der Waals surface area contributed by atoms with E-state index in [1.165, 1.54) is 4.88 Å². The molecule has 0 radical (unpaired) electrons. The highest BCUT2D eigenvalue weighted by atomic mass is 32.1. The van der Waals surface area contributed by atoms with Crippen molar-refractivity contribution in [3.63, 3.8) is 0 Å². The average Bonchev–Trinajstić information content (AvgIpc) is 2.76. The lowest BCUT2D eigenvalue weighted by atomic mass is 9.87. The van der Waals surface area contributed by atoms with Crippen LogP contribution in [0.1, 0.15) is 22.9 Å². The van der Waals surface area contributed by atoms with Gasteiger partial charge in [0.25, 0.3) is 0 Å². The van der Waals surface area contributed by atoms with Crippen LogP contribution in [0.15, 0.2) is 35.7 Å². The maximum atomic E-state index is 6.45. The first-order valence-corrected chi connectivity index (χ1v) is 6.41. The number of hydrogen-bond acceptors (Lipinski definition) is 3. The lowest BCUT2D eigenvalue weighted by molar-refractivity contribution is 0.413. The van der Waals surface area contributed by atoms with Gasteiger partial charge in [0.05, 0.1) is 12.6 Å². The number of methoxy groups -OCH3 is 1. The fourth-order valence-corrected chi connectivity index (χ4v) is 2.65. The summed E-state index contributed by atoms with van der Waals surface area (Å²) in [6.07, 6.45) is 0. The van der Waals surface area contributed by atoms with E-state index in [0.717, 1.165) is 16.9 Å². The number of benzene rings is 1. The van der Waals surface area contributed by atoms with E-state index < -0.39 is 5.54 Å². The van der Waals surface area contributed by atoms with Gasteiger partial charge in [-0.2, -0.15) is 0 Å². The van der Waals surface area contributed by atoms with Crippen LogP contribution in [0.2, 0.25) is 0 Å². The topological polar surface area (TPSA) is 35.2 Å². The molecule has 17 heavy (non-hydrogen) atoms. The van der Waals surface area contributed by atoms with Crippen molar-refractivity contribution >= 4 is 11.3 Å². The van der Waals surface area contributed by atoms with Crippen molar-refractivity contribution in [2.24, 2.45) is 5.73 Å². The molecule has 1 unspecified atom stereocenters. The van der Waals surface area contributed by atoms with E-state index in [1.807, 2.05) is 31.2 Å². The molecule has 0 aliphatic carbocycles. The fraction of sp³-hybridized carbons (Fsp3) is 0.286. The van der Waals surface area contributed by atoms with Crippen LogP contribution in [0.3, 0.4) is 0 Å². The van der Waals surface area contributed by atoms with Gasteiger partial charge in [0.2, 0.25) is 0 Å². The maximum absolute atomic E-state index is 6.45. The molecule has 1 aromatic carbocycles. The summed E-state index contributed by atoms with van der Waals surface area (Å²) in [7, 11) is 1.67. The van der Waals surface area contributed by atoms with Crippen molar-refractivity contribution in [3.8, 4) is 5.75 Å². The van der Waals surface area contributed by atoms with Crippen molar-refractivity contribution in [1.82, 2.24) is 0 Å². The van der Waals surface area contributed by atoms with Crippen LogP contribution in [-0.2, 0) is 5.54 Å². The Morgan fingerprint density at radius 1 is 1.24 bits per heavy atom. The lowest BCUT2D eigenvalue weighted by Gasteiger charge is -2.25. The van der Waals surface area contributed by atoms with Gasteiger partial charge in [-0.3, -0.25) is 0 Å². The number of rotatable bonds is 3. The third-order valence-corrected chi connectivity index (χ3v) is 3.86. The summed E-state index contributed by atoms with van der Waals surface area (Å²) in [6, 6.07) is 10.1. The minimum absolute atomic E-state index is 0.473. The predicted octanol–water partition coefficient (Wildman–Crippen LogP) is 3.29. The molecule has 2 rings (SSSR count). The Balaban J connectivity index is 2.43. The van der Waals surface area contributed by atoms with E-state index in [2.05, 4.69) is 18.4 Å². The molecule has 0 bridgehead atoms. The summed E-state index contributed by atoms with van der Waals surface area (Å²) >= 11 is 1.72. The van der Waals surface area contributed by atoms with Gasteiger partial charge in [-0.25, -0.2) is 0 Å². The molecule has 0 fully saturated rings. The predicted molar refractivity (Wildman–Crippen MR) is 72.7 cm³/mol. The van der Waals surface area contributed by atoms with Gasteiger partial charge in [-0.05, 0) is 48.6 Å². The number of thiophene rings is 1. The Hall–Kier alpha value is -1.32. The van der Waals surface area contributed by atoms with Gasteiger partial charge in [-0.1, -0.05) is 12.1 Å². The monoisotopic (exact) mass is 247 g/mol. The Morgan fingerprint density at radius 3 is 2.59 bits per heavy atom. The van der Waals surface area contributed by atoms with Crippen LogP contribution >= 0.6 is 11.3 Å². The van der Waals surface area contributed by atoms with Gasteiger partial charge >= 0.3 is 0 Å². The minimum Gasteiger partial charge on any atom is -0.497 e. The minimum atomic E-state index is -0.473. The summed E-state index contributed by atoms with van der Waals surface area (Å²) in [4.78, 5) is 1.28. The molecule has 0 spiro atoms. The van der Waals surface area contributed by atoms with Crippen LogP contribution in [0.5, 0.6) is 5.75 Å². The number of nitrogens with two attached hydrogens (primary N) is 1. The summed E-state index contributed by atoms with van der Waals surface area (Å²) in [6.45, 7) is 4.12. The van der Waals surface area contributed by atoms with Gasteiger partial charge < -0.3 is 10.5 Å². The summed E-state index contributed by atoms with van der Waals surface area (Å²) in [5, 5.41) is 2.12. The first kappa shape index (κ1) is 12.1. The molecule has 3 heteroatoms. The van der Waals surface area contributed by atoms with Gasteiger partial charge in [-0.15, -0.1) is 11.3 Å². The zero-order chi connectivity index (χ0) is 12.5. The zero-order valence-electron chi connectivity index (χ0n) is 10.4. The smallest absolute Gasteiger partial charge is 0.119 e. The van der Waals surface area contributed by atoms with Gasteiger partial charge in [0.15, 0.2) is 0 Å². The highest BCUT2D eigenvalue weighted by Crippen LogP contribution is 2.31. The standard InChI is InChI=1S/C14H17NOS/c1-10-7-12(9-17-10)14(2,15)11-5-4-6-13(8-11)16-3/h4-9H,15H2,1-3H3. The average molecular weight is 247 g/mol. The van der Waals surface area contributed by atoms with Crippen LogP contribution in [0.25, 0.3) is 0 Å². The molecule has 0 aliphatic heterocycles. The molecule has 1 aromatic heterocycles. The van der Waals surface area contributed by atoms with Crippen LogP contribution in [-0.4, -0.2) is 7.11 Å². The number of hydrogen-bond donors (Lipinski definition) is 1. The van der Waals surface area contributed by atoms with Crippen molar-refractivity contribution in [2.75, 3.05) is 7.11 Å². The summed E-state index contributed by atoms with van der Waals surface area (Å²) in [5.74, 6) is 0.839. The number of ether oxygens (including phenoxy) is 1. The van der Waals surface area contributed by atoms with Crippen molar-refractivity contribution in [2.45, 2.75) is 19.4 Å². The molecule has 2 N–H and O–H groups in total.